The van der Waals surface area contributed by atoms with Crippen LogP contribution in [0.25, 0.3) is 20.8 Å². The summed E-state index contributed by atoms with van der Waals surface area (Å²) >= 11 is 1.93. The molecule has 0 saturated carbocycles. The molecule has 0 bridgehead atoms. The fourth-order valence-electron chi connectivity index (χ4n) is 5.99. The van der Waals surface area contributed by atoms with Crippen molar-refractivity contribution >= 4 is 21.6 Å². The minimum Gasteiger partial charge on any atom is -0.502 e. The van der Waals surface area contributed by atoms with E-state index in [1.807, 2.05) is 18.3 Å². The molecule has 34 heavy (non-hydrogen) atoms. The number of nitrogens with zero attached hydrogens (tertiary/aromatic N) is 1. The second-order valence-corrected chi connectivity index (χ2v) is 10.8. The molecule has 0 N–H and O–H groups in total. The molecule has 1 aromatic heterocycles. The molecule has 4 rings (SSSR count). The normalized spacial score (nSPS) is 20.1. The van der Waals surface area contributed by atoms with Gasteiger partial charge in [0.2, 0.25) is 11.1 Å². The molecule has 3 aromatic rings. The molecule has 0 fully saturated rings. The Morgan fingerprint density at radius 2 is 1.85 bits per heavy atom. The highest BCUT2D eigenvalue weighted by Gasteiger charge is 2.62. The van der Waals surface area contributed by atoms with Gasteiger partial charge in [0.25, 0.3) is 5.01 Å². The van der Waals surface area contributed by atoms with Gasteiger partial charge in [-0.25, -0.2) is 0 Å². The Morgan fingerprint density at radius 1 is 1.12 bits per heavy atom. The maximum atomic E-state index is 7.05. The quantitative estimate of drug-likeness (QED) is 0.230. The summed E-state index contributed by atoms with van der Waals surface area (Å²) in [6.07, 6.45) is 7.56. The number of methoxy groups -OCH3 is 1. The molecule has 2 aromatic carbocycles. The van der Waals surface area contributed by atoms with Crippen molar-refractivity contribution in [1.82, 2.24) is 0 Å². The lowest BCUT2D eigenvalue weighted by molar-refractivity contribution is -0.754. The molecule has 0 saturated heterocycles. The first-order chi connectivity index (χ1) is 16.3. The molecule has 0 radical (unpaired) electrons. The van der Waals surface area contributed by atoms with Gasteiger partial charge in [-0.3, -0.25) is 0 Å². The largest absolute Gasteiger partial charge is 0.502 e. The van der Waals surface area contributed by atoms with Gasteiger partial charge in [0, 0.05) is 24.5 Å². The average Bonchev–Trinajstić information content (AvgIpc) is 3.22. The summed E-state index contributed by atoms with van der Waals surface area (Å²) in [7, 11) is 1.72. The predicted octanol–water partition coefficient (Wildman–Crippen LogP) is 7.90. The van der Waals surface area contributed by atoms with E-state index in [2.05, 4.69) is 87.7 Å². The number of aryl methyl sites for hydroxylation is 1. The summed E-state index contributed by atoms with van der Waals surface area (Å²) < 4.78 is 16.5. The zero-order chi connectivity index (χ0) is 24.5. The van der Waals surface area contributed by atoms with Crippen LogP contribution >= 0.6 is 11.3 Å². The fourth-order valence-corrected chi connectivity index (χ4v) is 7.32. The van der Waals surface area contributed by atoms with Crippen LogP contribution < -0.4 is 4.57 Å². The van der Waals surface area contributed by atoms with E-state index in [1.165, 1.54) is 44.8 Å². The van der Waals surface area contributed by atoms with Crippen LogP contribution in [0.2, 0.25) is 0 Å². The minimum atomic E-state index is -0.496. The molecule has 1 aliphatic rings. The molecule has 0 spiro atoms. The van der Waals surface area contributed by atoms with Crippen molar-refractivity contribution in [2.45, 2.75) is 90.9 Å². The summed E-state index contributed by atoms with van der Waals surface area (Å²) in [6, 6.07) is 16.0. The number of thiazole rings is 1. The van der Waals surface area contributed by atoms with Gasteiger partial charge in [0.1, 0.15) is 4.70 Å². The van der Waals surface area contributed by atoms with Crippen molar-refractivity contribution in [3.63, 3.8) is 0 Å². The predicted molar refractivity (Wildman–Crippen MR) is 143 cm³/mol. The molecule has 2 heterocycles. The Hall–Kier alpha value is -2.17. The first-order valence-electron chi connectivity index (χ1n) is 12.8. The Bertz CT molecular complexity index is 1190. The molecule has 4 heteroatoms. The van der Waals surface area contributed by atoms with Crippen molar-refractivity contribution in [3.05, 3.63) is 65.4 Å². The summed E-state index contributed by atoms with van der Waals surface area (Å²) in [5.41, 5.74) is 4.63. The second kappa shape index (κ2) is 9.83. The third kappa shape index (κ3) is 3.89. The smallest absolute Gasteiger partial charge is 0.271 e. The summed E-state index contributed by atoms with van der Waals surface area (Å²) in [5, 5.41) is 1.35. The van der Waals surface area contributed by atoms with Crippen molar-refractivity contribution < 1.29 is 14.0 Å². The molecule has 182 valence electrons. The standard InChI is InChI=1S/C30H40NO2S/c1-8-11-14-23-17-18-26-27(20-23)34-28-24-15-12-13-16-25(24)29(6,30(9-2,10-3)31(26)28)33-22(5)19-21(4)32-7/h12-13,15-20,22H,8-11,14H2,1-7H3/q+1. The van der Waals surface area contributed by atoms with Crippen molar-refractivity contribution in [1.29, 1.82) is 0 Å². The lowest BCUT2D eigenvalue weighted by atomic mass is 9.68. The van der Waals surface area contributed by atoms with Crippen LogP contribution in [0.5, 0.6) is 0 Å². The van der Waals surface area contributed by atoms with E-state index in [0.29, 0.717) is 0 Å². The molecule has 1 aliphatic heterocycles. The molecule has 2 atom stereocenters. The van der Waals surface area contributed by atoms with Gasteiger partial charge in [0.15, 0.2) is 5.60 Å². The van der Waals surface area contributed by atoms with E-state index in [4.69, 9.17) is 9.47 Å². The van der Waals surface area contributed by atoms with Gasteiger partial charge in [-0.15, -0.1) is 0 Å². The summed E-state index contributed by atoms with van der Waals surface area (Å²) in [6.45, 7) is 13.3. The maximum absolute atomic E-state index is 7.05. The van der Waals surface area contributed by atoms with Gasteiger partial charge in [0.05, 0.1) is 24.5 Å². The van der Waals surface area contributed by atoms with Crippen LogP contribution in [0.4, 0.5) is 0 Å². The van der Waals surface area contributed by atoms with Crippen LogP contribution in [0, 0.1) is 0 Å². The third-order valence-electron chi connectivity index (χ3n) is 7.86. The third-order valence-corrected chi connectivity index (χ3v) is 9.01. The van der Waals surface area contributed by atoms with Gasteiger partial charge in [-0.1, -0.05) is 62.8 Å². The van der Waals surface area contributed by atoms with Gasteiger partial charge in [-0.05, 0) is 57.4 Å². The van der Waals surface area contributed by atoms with Crippen LogP contribution in [-0.2, 0) is 27.0 Å². The number of aromatic nitrogens is 1. The highest BCUT2D eigenvalue weighted by atomic mass is 32.1. The van der Waals surface area contributed by atoms with Crippen LogP contribution in [0.3, 0.4) is 0 Å². The molecular formula is C30H40NO2S+. The van der Waals surface area contributed by atoms with Gasteiger partial charge >= 0.3 is 0 Å². The highest BCUT2D eigenvalue weighted by molar-refractivity contribution is 7.21. The lowest BCUT2D eigenvalue weighted by Gasteiger charge is -2.47. The number of rotatable bonds is 9. The summed E-state index contributed by atoms with van der Waals surface area (Å²) in [5.74, 6) is 0.882. The van der Waals surface area contributed by atoms with E-state index >= 15 is 0 Å². The SMILES string of the molecule is CCCCc1ccc2c(c1)sc1[n+]2C(CC)(CC)C(C)(OC(C)C=C(C)OC)c2ccccc2-1. The molecule has 0 amide bonds. The Morgan fingerprint density at radius 3 is 2.53 bits per heavy atom. The van der Waals surface area contributed by atoms with Crippen LogP contribution in [0.15, 0.2) is 54.3 Å². The van der Waals surface area contributed by atoms with Crippen molar-refractivity contribution in [2.24, 2.45) is 0 Å². The Balaban J connectivity index is 1.97. The van der Waals surface area contributed by atoms with Crippen LogP contribution in [-0.4, -0.2) is 13.2 Å². The van der Waals surface area contributed by atoms with Crippen molar-refractivity contribution in [3.8, 4) is 10.6 Å². The number of fused-ring (bicyclic) bond motifs is 5. The zero-order valence-electron chi connectivity index (χ0n) is 21.9. The Labute approximate surface area is 209 Å². The number of benzene rings is 2. The number of hydrogen-bond donors (Lipinski definition) is 0. The fraction of sp³-hybridized carbons (Fsp3) is 0.500. The molecule has 0 aliphatic carbocycles. The number of ether oxygens (including phenoxy) is 2. The van der Waals surface area contributed by atoms with Gasteiger partial charge < -0.3 is 9.47 Å². The van der Waals surface area contributed by atoms with Gasteiger partial charge in [-0.2, -0.15) is 4.57 Å². The lowest BCUT2D eigenvalue weighted by Crippen LogP contribution is -2.69. The minimum absolute atomic E-state index is 0.0804. The maximum Gasteiger partial charge on any atom is 0.271 e. The average molecular weight is 479 g/mol. The summed E-state index contributed by atoms with van der Waals surface area (Å²) in [4.78, 5) is 0. The first-order valence-corrected chi connectivity index (χ1v) is 13.6. The highest BCUT2D eigenvalue weighted by Crippen LogP contribution is 2.53. The van der Waals surface area contributed by atoms with E-state index in [1.54, 1.807) is 7.11 Å². The topological polar surface area (TPSA) is 22.3 Å². The van der Waals surface area contributed by atoms with E-state index in [0.717, 1.165) is 25.0 Å². The van der Waals surface area contributed by atoms with Crippen molar-refractivity contribution in [2.75, 3.05) is 7.11 Å². The van der Waals surface area contributed by atoms with E-state index < -0.39 is 5.60 Å². The number of unbranched alkanes of at least 4 members (excludes halogenated alkanes) is 1. The molecule has 3 nitrogen and oxygen atoms in total. The second-order valence-electron chi connectivity index (χ2n) is 9.77. The van der Waals surface area contributed by atoms with Crippen LogP contribution in [0.1, 0.15) is 78.4 Å². The number of hydrogen-bond acceptors (Lipinski definition) is 3. The zero-order valence-corrected chi connectivity index (χ0v) is 22.7. The molecule has 2 unspecified atom stereocenters. The monoisotopic (exact) mass is 478 g/mol. The van der Waals surface area contributed by atoms with E-state index in [-0.39, 0.29) is 11.6 Å². The molecular weight excluding hydrogens is 438 g/mol. The van der Waals surface area contributed by atoms with E-state index in [9.17, 15) is 0 Å². The number of allylic oxidation sites excluding steroid dienone is 1. The Kier molecular flexibility index (Phi) is 7.21. The first kappa shape index (κ1) is 24.9.